The third kappa shape index (κ3) is 3.81. The Morgan fingerprint density at radius 3 is 2.50 bits per heavy atom. The van der Waals surface area contributed by atoms with Gasteiger partial charge in [0.2, 0.25) is 0 Å². The Bertz CT molecular complexity index is 344. The molecule has 0 amide bonds. The van der Waals surface area contributed by atoms with Gasteiger partial charge in [-0.05, 0) is 22.0 Å². The van der Waals surface area contributed by atoms with Crippen LogP contribution in [-0.4, -0.2) is 21.3 Å². The maximum Gasteiger partial charge on any atom is 0.337 e. The van der Waals surface area contributed by atoms with Crippen molar-refractivity contribution in [3.05, 3.63) is 27.2 Å². The van der Waals surface area contributed by atoms with Crippen LogP contribution in [0.4, 0.5) is 5.82 Å². The van der Waals surface area contributed by atoms with Crippen LogP contribution < -0.4 is 5.73 Å². The maximum absolute atomic E-state index is 10.5. The summed E-state index contributed by atoms with van der Waals surface area (Å²) in [7, 11) is 0. The highest BCUT2D eigenvalue weighted by Crippen LogP contribution is 2.16. The minimum absolute atomic E-state index is 0.123. The van der Waals surface area contributed by atoms with E-state index in [1.54, 1.807) is 0 Å². The minimum Gasteiger partial charge on any atom is -0.478 e. The molecule has 0 saturated heterocycles. The summed E-state index contributed by atoms with van der Waals surface area (Å²) < 4.78 is 0.430. The van der Waals surface area contributed by atoms with E-state index >= 15 is 0 Å². The Morgan fingerprint density at radius 1 is 1.64 bits per heavy atom. The van der Waals surface area contributed by atoms with Crippen molar-refractivity contribution in [2.75, 3.05) is 5.73 Å². The fourth-order valence-corrected chi connectivity index (χ4v) is 1.01. The highest BCUT2D eigenvalue weighted by molar-refractivity contribution is 9.10. The smallest absolute Gasteiger partial charge is 0.337 e. The standard InChI is InChI=1S/C6H5BrN2O2.HNO2/c7-4-2-9-5(8)1-3(4)6(10)11;2-1-3/h1-2H,(H2,8,9)(H,10,11);(H,2,3). The molecule has 0 unspecified atom stereocenters. The molecule has 0 atom stereocenters. The topological polar surface area (TPSA) is 126 Å². The monoisotopic (exact) mass is 263 g/mol. The predicted molar refractivity (Wildman–Crippen MR) is 50.9 cm³/mol. The minimum atomic E-state index is -1.02. The molecule has 0 spiro atoms. The van der Waals surface area contributed by atoms with Gasteiger partial charge in [-0.1, -0.05) is 0 Å². The van der Waals surface area contributed by atoms with E-state index < -0.39 is 5.97 Å². The van der Waals surface area contributed by atoms with E-state index in [9.17, 15) is 4.79 Å². The quantitative estimate of drug-likeness (QED) is 0.517. The molecule has 0 aliphatic heterocycles. The van der Waals surface area contributed by atoms with Gasteiger partial charge < -0.3 is 16.0 Å². The van der Waals surface area contributed by atoms with Crippen molar-refractivity contribution < 1.29 is 15.1 Å². The van der Waals surface area contributed by atoms with E-state index in [4.69, 9.17) is 21.0 Å². The number of nitrogens with two attached hydrogens (primary N) is 1. The van der Waals surface area contributed by atoms with E-state index in [-0.39, 0.29) is 11.4 Å². The Hall–Kier alpha value is -1.70. The zero-order chi connectivity index (χ0) is 11.1. The lowest BCUT2D eigenvalue weighted by atomic mass is 10.3. The van der Waals surface area contributed by atoms with Crippen molar-refractivity contribution in [3.63, 3.8) is 0 Å². The lowest BCUT2D eigenvalue weighted by Crippen LogP contribution is -2.00. The normalized spacial score (nSPS) is 8.36. The molecule has 1 aromatic rings. The summed E-state index contributed by atoms with van der Waals surface area (Å²) in [6, 6.07) is 1.30. The molecule has 0 radical (unpaired) electrons. The van der Waals surface area contributed by atoms with Gasteiger partial charge in [0.05, 0.1) is 10.0 Å². The van der Waals surface area contributed by atoms with Gasteiger partial charge in [-0.15, -0.1) is 4.91 Å². The molecule has 0 bridgehead atoms. The number of hydrogen-bond acceptors (Lipinski definition) is 5. The second-order valence-corrected chi connectivity index (χ2v) is 2.83. The Labute approximate surface area is 86.6 Å². The summed E-state index contributed by atoms with van der Waals surface area (Å²) >= 11 is 3.03. The summed E-state index contributed by atoms with van der Waals surface area (Å²) in [5, 5.41) is 16.5. The number of carbonyl (C=O) groups is 1. The second kappa shape index (κ2) is 5.86. The third-order valence-electron chi connectivity index (χ3n) is 1.11. The van der Waals surface area contributed by atoms with Crippen LogP contribution in [0.5, 0.6) is 0 Å². The summed E-state index contributed by atoms with van der Waals surface area (Å²) in [6.07, 6.45) is 1.36. The molecule has 1 rings (SSSR count). The number of nitrogens with zero attached hydrogens (tertiary/aromatic N) is 2. The second-order valence-electron chi connectivity index (χ2n) is 1.98. The first kappa shape index (κ1) is 12.3. The summed E-state index contributed by atoms with van der Waals surface area (Å²) in [6.45, 7) is 0. The van der Waals surface area contributed by atoms with Gasteiger partial charge in [0.15, 0.2) is 5.34 Å². The fourth-order valence-electron chi connectivity index (χ4n) is 0.619. The van der Waals surface area contributed by atoms with Crippen molar-refractivity contribution in [1.82, 2.24) is 4.98 Å². The van der Waals surface area contributed by atoms with E-state index in [0.29, 0.717) is 4.47 Å². The number of hydrogen-bond donors (Lipinski definition) is 3. The van der Waals surface area contributed by atoms with Crippen LogP contribution in [0.1, 0.15) is 10.4 Å². The molecule has 14 heavy (non-hydrogen) atoms. The highest BCUT2D eigenvalue weighted by Gasteiger charge is 2.07. The summed E-state index contributed by atoms with van der Waals surface area (Å²) in [5.41, 5.74) is 5.39. The van der Waals surface area contributed by atoms with Gasteiger partial charge in [0.25, 0.3) is 0 Å². The van der Waals surface area contributed by atoms with Crippen molar-refractivity contribution in [2.45, 2.75) is 0 Å². The number of nitrogen functional groups attached to an aromatic ring is 1. The van der Waals surface area contributed by atoms with Gasteiger partial charge in [-0.25, -0.2) is 9.78 Å². The van der Waals surface area contributed by atoms with Gasteiger partial charge in [0.1, 0.15) is 5.82 Å². The summed E-state index contributed by atoms with van der Waals surface area (Å²) in [4.78, 5) is 22.3. The molecule has 0 aromatic carbocycles. The Balaban J connectivity index is 0.000000500. The average molecular weight is 264 g/mol. The number of pyridine rings is 1. The molecule has 0 saturated carbocycles. The van der Waals surface area contributed by atoms with Gasteiger partial charge >= 0.3 is 5.97 Å². The van der Waals surface area contributed by atoms with Crippen LogP contribution >= 0.6 is 15.9 Å². The largest absolute Gasteiger partial charge is 0.478 e. The van der Waals surface area contributed by atoms with Crippen LogP contribution in [0.2, 0.25) is 0 Å². The molecule has 7 nitrogen and oxygen atoms in total. The number of rotatable bonds is 1. The van der Waals surface area contributed by atoms with Crippen molar-refractivity contribution in [2.24, 2.45) is 5.34 Å². The number of carboxylic acids is 1. The Kier molecular flexibility index (Phi) is 5.15. The number of anilines is 1. The van der Waals surface area contributed by atoms with E-state index in [1.165, 1.54) is 17.6 Å². The molecule has 8 heteroatoms. The van der Waals surface area contributed by atoms with Crippen LogP contribution in [-0.2, 0) is 0 Å². The highest BCUT2D eigenvalue weighted by atomic mass is 79.9. The van der Waals surface area contributed by atoms with Crippen molar-refractivity contribution in [3.8, 4) is 0 Å². The van der Waals surface area contributed by atoms with E-state index in [2.05, 4.69) is 20.9 Å². The molecule has 0 aliphatic carbocycles. The van der Waals surface area contributed by atoms with Gasteiger partial charge in [0, 0.05) is 6.20 Å². The number of aromatic nitrogens is 1. The third-order valence-corrected chi connectivity index (χ3v) is 1.74. The van der Waals surface area contributed by atoms with Crippen molar-refractivity contribution in [1.29, 1.82) is 0 Å². The lowest BCUT2D eigenvalue weighted by molar-refractivity contribution is 0.0696. The molecule has 0 fully saturated rings. The lowest BCUT2D eigenvalue weighted by Gasteiger charge is -1.97. The van der Waals surface area contributed by atoms with E-state index in [0.717, 1.165) is 0 Å². The SMILES string of the molecule is Nc1cc(C(=O)O)c(Br)cn1.O=NO. The molecule has 1 heterocycles. The number of carboxylic acid groups (broad SMARTS) is 1. The molecular formula is C6H6BrN3O4. The number of aromatic carboxylic acids is 1. The Morgan fingerprint density at radius 2 is 2.14 bits per heavy atom. The first-order valence-corrected chi connectivity index (χ1v) is 3.93. The zero-order valence-corrected chi connectivity index (χ0v) is 8.30. The van der Waals surface area contributed by atoms with Crippen LogP contribution in [0, 0.1) is 4.91 Å². The zero-order valence-electron chi connectivity index (χ0n) is 6.72. The summed E-state index contributed by atoms with van der Waals surface area (Å²) in [5.74, 6) is -0.823. The maximum atomic E-state index is 10.5. The molecule has 1 aromatic heterocycles. The average Bonchev–Trinajstić information content (AvgIpc) is 2.10. The molecule has 4 N–H and O–H groups in total. The number of halogens is 1. The van der Waals surface area contributed by atoms with E-state index in [1.807, 2.05) is 0 Å². The van der Waals surface area contributed by atoms with Gasteiger partial charge in [-0.2, -0.15) is 0 Å². The van der Waals surface area contributed by atoms with Crippen LogP contribution in [0.3, 0.4) is 0 Å². The first-order valence-electron chi connectivity index (χ1n) is 3.14. The first-order chi connectivity index (χ1) is 6.52. The van der Waals surface area contributed by atoms with Crippen molar-refractivity contribution >= 4 is 27.7 Å². The molecule has 76 valence electrons. The van der Waals surface area contributed by atoms with Crippen LogP contribution in [0.15, 0.2) is 22.1 Å². The molecule has 0 aliphatic rings. The van der Waals surface area contributed by atoms with Crippen LogP contribution in [0.25, 0.3) is 0 Å². The molecular weight excluding hydrogens is 258 g/mol. The van der Waals surface area contributed by atoms with Gasteiger partial charge in [-0.3, -0.25) is 0 Å². The predicted octanol–water partition coefficient (Wildman–Crippen LogP) is 1.27. The fraction of sp³-hybridized carbons (Fsp3) is 0.